The van der Waals surface area contributed by atoms with Crippen molar-refractivity contribution in [3.05, 3.63) is 60.7 Å². The Morgan fingerprint density at radius 2 is 1.67 bits per heavy atom. The molecule has 0 aliphatic rings. The first-order valence-corrected chi connectivity index (χ1v) is 6.33. The fraction of sp³-hybridized carbons (Fsp3) is 0. The van der Waals surface area contributed by atoms with Crippen LogP contribution in [-0.4, -0.2) is 21.3 Å². The summed E-state index contributed by atoms with van der Waals surface area (Å²) in [6.45, 7) is 0. The molecule has 3 aromatic rings. The number of para-hydroxylation sites is 1. The van der Waals surface area contributed by atoms with Crippen molar-refractivity contribution in [2.24, 2.45) is 0 Å². The van der Waals surface area contributed by atoms with E-state index in [1.807, 2.05) is 36.4 Å². The molecule has 0 aliphatic heterocycles. The first-order valence-electron chi connectivity index (χ1n) is 6.33. The molecule has 0 fully saturated rings. The molecule has 2 N–H and O–H groups in total. The molecule has 0 atom stereocenters. The Morgan fingerprint density at radius 3 is 2.38 bits per heavy atom. The highest BCUT2D eigenvalue weighted by atomic mass is 16.6. The summed E-state index contributed by atoms with van der Waals surface area (Å²) < 4.78 is 5.09. The van der Waals surface area contributed by atoms with Crippen LogP contribution in [0.25, 0.3) is 11.4 Å². The highest BCUT2D eigenvalue weighted by molar-refractivity contribution is 5.84. The number of H-pyrrole nitrogens is 1. The summed E-state index contributed by atoms with van der Waals surface area (Å²) >= 11 is 0. The Balaban J connectivity index is 1.66. The largest absolute Gasteiger partial charge is 0.419 e. The van der Waals surface area contributed by atoms with E-state index in [-0.39, 0.29) is 5.95 Å². The van der Waals surface area contributed by atoms with E-state index < -0.39 is 6.09 Å². The van der Waals surface area contributed by atoms with Gasteiger partial charge in [-0.25, -0.2) is 4.79 Å². The number of aromatic nitrogens is 3. The monoisotopic (exact) mass is 280 g/mol. The van der Waals surface area contributed by atoms with Gasteiger partial charge in [0.15, 0.2) is 5.82 Å². The lowest BCUT2D eigenvalue weighted by Crippen LogP contribution is -2.17. The van der Waals surface area contributed by atoms with Crippen molar-refractivity contribution in [1.82, 2.24) is 15.2 Å². The van der Waals surface area contributed by atoms with Gasteiger partial charge in [-0.2, -0.15) is 4.98 Å². The maximum absolute atomic E-state index is 11.7. The van der Waals surface area contributed by atoms with Gasteiger partial charge in [-0.1, -0.05) is 48.5 Å². The Kier molecular flexibility index (Phi) is 3.60. The van der Waals surface area contributed by atoms with Gasteiger partial charge in [0.2, 0.25) is 0 Å². The molecule has 1 amide bonds. The normalized spacial score (nSPS) is 10.1. The van der Waals surface area contributed by atoms with Crippen LogP contribution < -0.4 is 10.1 Å². The van der Waals surface area contributed by atoms with Gasteiger partial charge >= 0.3 is 6.09 Å². The summed E-state index contributed by atoms with van der Waals surface area (Å²) in [4.78, 5) is 15.9. The SMILES string of the molecule is O=C(Nc1n[nH]c(-c2ccccc2)n1)Oc1ccccc1. The van der Waals surface area contributed by atoms with Crippen molar-refractivity contribution in [1.29, 1.82) is 0 Å². The zero-order chi connectivity index (χ0) is 14.5. The number of hydrogen-bond donors (Lipinski definition) is 2. The molecule has 0 saturated carbocycles. The maximum atomic E-state index is 11.7. The van der Waals surface area contributed by atoms with E-state index in [2.05, 4.69) is 20.5 Å². The Morgan fingerprint density at radius 1 is 1.00 bits per heavy atom. The van der Waals surface area contributed by atoms with Crippen LogP contribution in [0.3, 0.4) is 0 Å². The molecule has 3 rings (SSSR count). The summed E-state index contributed by atoms with van der Waals surface area (Å²) in [6.07, 6.45) is -0.639. The van der Waals surface area contributed by atoms with Crippen molar-refractivity contribution in [3.8, 4) is 17.1 Å². The highest BCUT2D eigenvalue weighted by Gasteiger charge is 2.10. The standard InChI is InChI=1S/C15H12N4O2/c20-15(21-12-9-5-2-6-10-12)17-14-16-13(18-19-14)11-7-3-1-4-8-11/h1-10H,(H2,16,17,18,19,20). The van der Waals surface area contributed by atoms with Crippen LogP contribution in [0.4, 0.5) is 10.7 Å². The number of rotatable bonds is 3. The first-order chi connectivity index (χ1) is 10.3. The second kappa shape index (κ2) is 5.87. The minimum absolute atomic E-state index is 0.162. The van der Waals surface area contributed by atoms with Gasteiger partial charge in [-0.05, 0) is 12.1 Å². The maximum Gasteiger partial charge on any atom is 0.419 e. The fourth-order valence-electron chi connectivity index (χ4n) is 1.76. The Bertz CT molecular complexity index is 726. The molecule has 0 aliphatic carbocycles. The number of aromatic amines is 1. The molecule has 21 heavy (non-hydrogen) atoms. The minimum Gasteiger partial charge on any atom is -0.410 e. The van der Waals surface area contributed by atoms with Gasteiger partial charge in [-0.3, -0.25) is 10.4 Å². The van der Waals surface area contributed by atoms with Crippen LogP contribution in [0.1, 0.15) is 0 Å². The zero-order valence-corrected chi connectivity index (χ0v) is 11.0. The predicted octanol–water partition coefficient (Wildman–Crippen LogP) is 3.08. The van der Waals surface area contributed by atoms with Gasteiger partial charge in [0.05, 0.1) is 0 Å². The van der Waals surface area contributed by atoms with Crippen LogP contribution in [-0.2, 0) is 0 Å². The number of benzene rings is 2. The number of amides is 1. The zero-order valence-electron chi connectivity index (χ0n) is 11.0. The molecule has 1 heterocycles. The third kappa shape index (κ3) is 3.24. The summed E-state index contributed by atoms with van der Waals surface area (Å²) in [6, 6.07) is 18.3. The summed E-state index contributed by atoms with van der Waals surface area (Å²) in [7, 11) is 0. The van der Waals surface area contributed by atoms with Gasteiger partial charge in [0, 0.05) is 5.56 Å². The number of carbonyl (C=O) groups excluding carboxylic acids is 1. The molecule has 2 aromatic carbocycles. The van der Waals surface area contributed by atoms with Crippen molar-refractivity contribution in [2.45, 2.75) is 0 Å². The van der Waals surface area contributed by atoms with Crippen LogP contribution >= 0.6 is 0 Å². The average Bonchev–Trinajstić information content (AvgIpc) is 2.97. The quantitative estimate of drug-likeness (QED) is 0.772. The number of ether oxygens (including phenoxy) is 1. The fourth-order valence-corrected chi connectivity index (χ4v) is 1.76. The van der Waals surface area contributed by atoms with Gasteiger partial charge in [0.1, 0.15) is 5.75 Å². The molecule has 6 nitrogen and oxygen atoms in total. The van der Waals surface area contributed by atoms with E-state index in [0.29, 0.717) is 11.6 Å². The molecule has 6 heteroatoms. The molecule has 0 bridgehead atoms. The second-order valence-electron chi connectivity index (χ2n) is 4.20. The van der Waals surface area contributed by atoms with Gasteiger partial charge in [0.25, 0.3) is 5.95 Å². The van der Waals surface area contributed by atoms with Crippen LogP contribution in [0.2, 0.25) is 0 Å². The third-order valence-electron chi connectivity index (χ3n) is 2.70. The summed E-state index contributed by atoms with van der Waals surface area (Å²) in [5.74, 6) is 1.19. The highest BCUT2D eigenvalue weighted by Crippen LogP contribution is 2.15. The first kappa shape index (κ1) is 12.9. The van der Waals surface area contributed by atoms with Crippen molar-refractivity contribution >= 4 is 12.0 Å². The summed E-state index contributed by atoms with van der Waals surface area (Å²) in [5.41, 5.74) is 0.884. The van der Waals surface area contributed by atoms with Crippen LogP contribution in [0.15, 0.2) is 60.7 Å². The average molecular weight is 280 g/mol. The lowest BCUT2D eigenvalue weighted by Gasteiger charge is -2.02. The number of anilines is 1. The molecular formula is C15H12N4O2. The van der Waals surface area contributed by atoms with E-state index in [4.69, 9.17) is 4.74 Å². The van der Waals surface area contributed by atoms with Crippen LogP contribution in [0, 0.1) is 0 Å². The van der Waals surface area contributed by atoms with E-state index >= 15 is 0 Å². The third-order valence-corrected chi connectivity index (χ3v) is 2.70. The van der Waals surface area contributed by atoms with Gasteiger partial charge < -0.3 is 4.74 Å². The topological polar surface area (TPSA) is 79.9 Å². The number of carbonyl (C=O) groups is 1. The molecule has 1 aromatic heterocycles. The van der Waals surface area contributed by atoms with Gasteiger partial charge in [-0.15, -0.1) is 5.10 Å². The second-order valence-corrected chi connectivity index (χ2v) is 4.20. The molecule has 0 unspecified atom stereocenters. The number of nitrogens with zero attached hydrogens (tertiary/aromatic N) is 2. The predicted molar refractivity (Wildman–Crippen MR) is 77.9 cm³/mol. The lowest BCUT2D eigenvalue weighted by molar-refractivity contribution is 0.215. The molecule has 104 valence electrons. The van der Waals surface area contributed by atoms with E-state index in [9.17, 15) is 4.79 Å². The number of hydrogen-bond acceptors (Lipinski definition) is 4. The van der Waals surface area contributed by atoms with E-state index in [0.717, 1.165) is 5.56 Å². The van der Waals surface area contributed by atoms with Crippen molar-refractivity contribution in [3.63, 3.8) is 0 Å². The van der Waals surface area contributed by atoms with Crippen molar-refractivity contribution < 1.29 is 9.53 Å². The number of nitrogens with one attached hydrogen (secondary N) is 2. The van der Waals surface area contributed by atoms with E-state index in [1.54, 1.807) is 24.3 Å². The molecular weight excluding hydrogens is 268 g/mol. The molecule has 0 spiro atoms. The Hall–Kier alpha value is -3.15. The van der Waals surface area contributed by atoms with E-state index in [1.165, 1.54) is 0 Å². The minimum atomic E-state index is -0.639. The molecule has 0 radical (unpaired) electrons. The lowest BCUT2D eigenvalue weighted by atomic mass is 10.2. The smallest absolute Gasteiger partial charge is 0.410 e. The molecule has 0 saturated heterocycles. The van der Waals surface area contributed by atoms with Crippen molar-refractivity contribution in [2.75, 3.05) is 5.32 Å². The van der Waals surface area contributed by atoms with Crippen LogP contribution in [0.5, 0.6) is 5.75 Å². The summed E-state index contributed by atoms with van der Waals surface area (Å²) in [5, 5.41) is 9.15. The Labute approximate surface area is 120 Å².